The van der Waals surface area contributed by atoms with E-state index in [1.165, 1.54) is 18.5 Å². The zero-order valence-corrected chi connectivity index (χ0v) is 11.7. The number of aromatic nitrogens is 2. The smallest absolute Gasteiger partial charge is 0.253 e. The second-order valence-corrected chi connectivity index (χ2v) is 5.67. The maximum atomic E-state index is 14.7. The number of nitrogens with one attached hydrogen (secondary N) is 1. The lowest BCUT2D eigenvalue weighted by Gasteiger charge is -2.17. The van der Waals surface area contributed by atoms with Crippen LogP contribution < -0.4 is 9.03 Å². The number of hydrogen-bond acceptors (Lipinski definition) is 4. The van der Waals surface area contributed by atoms with Crippen LogP contribution in [0.3, 0.4) is 0 Å². The molecule has 1 saturated heterocycles. The van der Waals surface area contributed by atoms with Gasteiger partial charge in [-0.05, 0) is 12.1 Å². The second kappa shape index (κ2) is 4.85. The highest BCUT2D eigenvalue weighted by Crippen LogP contribution is 2.37. The van der Waals surface area contributed by atoms with Crippen LogP contribution in [0.1, 0.15) is 0 Å². The number of nitrogens with zero attached hydrogens (tertiary/aromatic N) is 3. The lowest BCUT2D eigenvalue weighted by atomic mass is 10.1. The molecule has 0 radical (unpaired) electrons. The summed E-state index contributed by atoms with van der Waals surface area (Å²) in [7, 11) is 1.74. The molecule has 1 fully saturated rings. The number of phenols is 1. The predicted molar refractivity (Wildman–Crippen MR) is 73.9 cm³/mol. The van der Waals surface area contributed by atoms with Gasteiger partial charge in [-0.25, -0.2) is 13.6 Å². The SMILES string of the molecule is Cn1cnc(-c2ccc(O)c(N3CC(=O)NS3=O)c2F)c1. The first-order valence-electron chi connectivity index (χ1n) is 5.96. The molecule has 1 aliphatic rings. The Balaban J connectivity index is 2.13. The molecule has 9 heteroatoms. The molecule has 21 heavy (non-hydrogen) atoms. The summed E-state index contributed by atoms with van der Waals surface area (Å²) in [6.45, 7) is -0.289. The van der Waals surface area contributed by atoms with Gasteiger partial charge < -0.3 is 9.67 Å². The monoisotopic (exact) mass is 310 g/mol. The molecule has 0 bridgehead atoms. The largest absolute Gasteiger partial charge is 0.506 e. The number of benzene rings is 1. The Morgan fingerprint density at radius 2 is 2.24 bits per heavy atom. The van der Waals surface area contributed by atoms with Crippen molar-refractivity contribution in [3.63, 3.8) is 0 Å². The molecule has 0 saturated carbocycles. The van der Waals surface area contributed by atoms with Crippen molar-refractivity contribution < 1.29 is 18.5 Å². The summed E-state index contributed by atoms with van der Waals surface area (Å²) in [6, 6.07) is 2.66. The van der Waals surface area contributed by atoms with E-state index in [0.717, 1.165) is 4.31 Å². The summed E-state index contributed by atoms with van der Waals surface area (Å²) < 4.78 is 31.2. The Bertz CT molecular complexity index is 761. The Morgan fingerprint density at radius 1 is 1.48 bits per heavy atom. The highest BCUT2D eigenvalue weighted by atomic mass is 32.2. The van der Waals surface area contributed by atoms with Crippen molar-refractivity contribution in [3.05, 3.63) is 30.5 Å². The summed E-state index contributed by atoms with van der Waals surface area (Å²) in [5.74, 6) is -1.68. The first kappa shape index (κ1) is 13.6. The third-order valence-corrected chi connectivity index (χ3v) is 4.13. The number of phenolic OH excluding ortho intramolecular Hbond substituents is 1. The number of carbonyl (C=O) groups excluding carboxylic acids is 1. The number of anilines is 1. The Morgan fingerprint density at radius 3 is 2.81 bits per heavy atom. The predicted octanol–water partition coefficient (Wildman–Crippen LogP) is 0.447. The van der Waals surface area contributed by atoms with E-state index < -0.39 is 28.6 Å². The van der Waals surface area contributed by atoms with Crippen LogP contribution in [-0.4, -0.2) is 31.3 Å². The molecule has 7 nitrogen and oxygen atoms in total. The Labute approximate surface area is 121 Å². The number of carbonyl (C=O) groups is 1. The number of imidazole rings is 1. The molecular formula is C12H11FN4O3S. The van der Waals surface area contributed by atoms with Crippen molar-refractivity contribution in [1.82, 2.24) is 14.3 Å². The van der Waals surface area contributed by atoms with Crippen molar-refractivity contribution in [1.29, 1.82) is 0 Å². The maximum absolute atomic E-state index is 14.7. The topological polar surface area (TPSA) is 87.5 Å². The van der Waals surface area contributed by atoms with Gasteiger partial charge in [0.1, 0.15) is 18.0 Å². The minimum Gasteiger partial charge on any atom is -0.506 e. The molecule has 0 aliphatic carbocycles. The molecule has 3 rings (SSSR count). The second-order valence-electron chi connectivity index (χ2n) is 4.53. The van der Waals surface area contributed by atoms with Gasteiger partial charge >= 0.3 is 0 Å². The summed E-state index contributed by atoms with van der Waals surface area (Å²) in [5, 5.41) is 9.85. The Kier molecular flexibility index (Phi) is 3.13. The van der Waals surface area contributed by atoms with Gasteiger partial charge in [-0.1, -0.05) is 0 Å². The molecule has 2 heterocycles. The van der Waals surface area contributed by atoms with Gasteiger partial charge in [-0.3, -0.25) is 13.8 Å². The van der Waals surface area contributed by atoms with Crippen LogP contribution in [-0.2, 0) is 23.0 Å². The molecule has 2 N–H and O–H groups in total. The molecule has 0 spiro atoms. The van der Waals surface area contributed by atoms with E-state index in [2.05, 4.69) is 9.71 Å². The molecular weight excluding hydrogens is 299 g/mol. The van der Waals surface area contributed by atoms with Crippen LogP contribution in [0.4, 0.5) is 10.1 Å². The van der Waals surface area contributed by atoms with Gasteiger partial charge in [0.2, 0.25) is 11.2 Å². The fourth-order valence-corrected chi connectivity index (χ4v) is 3.02. The highest BCUT2D eigenvalue weighted by molar-refractivity contribution is 7.85. The number of aromatic hydroxyl groups is 1. The van der Waals surface area contributed by atoms with Gasteiger partial charge in [0.25, 0.3) is 5.91 Å². The van der Waals surface area contributed by atoms with E-state index in [1.807, 2.05) is 0 Å². The van der Waals surface area contributed by atoms with Gasteiger partial charge in [-0.15, -0.1) is 0 Å². The summed E-state index contributed by atoms with van der Waals surface area (Å²) >= 11 is -1.91. The van der Waals surface area contributed by atoms with Crippen LogP contribution in [0, 0.1) is 5.82 Å². The van der Waals surface area contributed by atoms with Gasteiger partial charge in [0, 0.05) is 18.8 Å². The fraction of sp³-hybridized carbons (Fsp3) is 0.167. The van der Waals surface area contributed by atoms with Crippen molar-refractivity contribution in [2.24, 2.45) is 7.05 Å². The van der Waals surface area contributed by atoms with E-state index >= 15 is 0 Å². The molecule has 1 aromatic heterocycles. The van der Waals surface area contributed by atoms with Crippen molar-refractivity contribution in [3.8, 4) is 17.0 Å². The zero-order chi connectivity index (χ0) is 15.1. The number of hydrogen-bond donors (Lipinski definition) is 2. The average molecular weight is 310 g/mol. The number of halogens is 1. The quantitative estimate of drug-likeness (QED) is 0.843. The van der Waals surface area contributed by atoms with E-state index in [9.17, 15) is 18.5 Å². The molecule has 1 atom stereocenters. The van der Waals surface area contributed by atoms with E-state index in [4.69, 9.17) is 0 Å². The summed E-state index contributed by atoms with van der Waals surface area (Å²) in [4.78, 5) is 15.3. The third-order valence-electron chi connectivity index (χ3n) is 3.01. The van der Waals surface area contributed by atoms with E-state index in [-0.39, 0.29) is 17.8 Å². The van der Waals surface area contributed by atoms with Crippen molar-refractivity contribution >= 4 is 22.8 Å². The third kappa shape index (κ3) is 2.25. The average Bonchev–Trinajstić information content (AvgIpc) is 2.96. The van der Waals surface area contributed by atoms with Gasteiger partial charge in [0.15, 0.2) is 5.82 Å². The standard InChI is InChI=1S/C12H11FN4O3S/c1-16-4-8(14-6-16)7-2-3-9(18)12(11(7)13)17-5-10(19)15-21(17)20/h2-4,6,18H,5H2,1H3,(H,15,19). The number of aryl methyl sites for hydroxylation is 1. The molecule has 110 valence electrons. The van der Waals surface area contributed by atoms with Crippen LogP contribution in [0.5, 0.6) is 5.75 Å². The lowest BCUT2D eigenvalue weighted by Crippen LogP contribution is -2.23. The van der Waals surface area contributed by atoms with Crippen LogP contribution in [0.25, 0.3) is 11.3 Å². The van der Waals surface area contributed by atoms with Crippen molar-refractivity contribution in [2.45, 2.75) is 0 Å². The lowest BCUT2D eigenvalue weighted by molar-refractivity contribution is -0.117. The molecule has 2 aromatic rings. The van der Waals surface area contributed by atoms with E-state index in [1.54, 1.807) is 17.8 Å². The molecule has 1 amide bonds. The number of amides is 1. The highest BCUT2D eigenvalue weighted by Gasteiger charge is 2.32. The van der Waals surface area contributed by atoms with Crippen LogP contribution in [0.2, 0.25) is 0 Å². The van der Waals surface area contributed by atoms with Gasteiger partial charge in [-0.2, -0.15) is 0 Å². The first-order valence-corrected chi connectivity index (χ1v) is 7.06. The van der Waals surface area contributed by atoms with Crippen LogP contribution in [0.15, 0.2) is 24.7 Å². The first-order chi connectivity index (χ1) is 9.97. The molecule has 1 unspecified atom stereocenters. The molecule has 1 aromatic carbocycles. The van der Waals surface area contributed by atoms with Crippen molar-refractivity contribution in [2.75, 3.05) is 10.8 Å². The maximum Gasteiger partial charge on any atom is 0.253 e. The minimum absolute atomic E-state index is 0.153. The fourth-order valence-electron chi connectivity index (χ4n) is 2.08. The van der Waals surface area contributed by atoms with Crippen LogP contribution >= 0.6 is 0 Å². The minimum atomic E-state index is -1.91. The normalized spacial score (nSPS) is 18.1. The summed E-state index contributed by atoms with van der Waals surface area (Å²) in [5.41, 5.74) is 0.245. The zero-order valence-electron chi connectivity index (χ0n) is 10.9. The van der Waals surface area contributed by atoms with Gasteiger partial charge in [0.05, 0.1) is 12.0 Å². The number of rotatable bonds is 2. The molecule has 1 aliphatic heterocycles. The summed E-state index contributed by atoms with van der Waals surface area (Å²) in [6.07, 6.45) is 3.13. The Hall–Kier alpha value is -2.42. The van der Waals surface area contributed by atoms with E-state index in [0.29, 0.717) is 5.69 Å².